The molecular formula is C24H21Cl2N3O4S. The summed E-state index contributed by atoms with van der Waals surface area (Å²) < 4.78 is 39.3. The van der Waals surface area contributed by atoms with Crippen LogP contribution < -0.4 is 9.04 Å². The highest BCUT2D eigenvalue weighted by Crippen LogP contribution is 2.36. The molecule has 0 spiro atoms. The molecule has 1 heterocycles. The molecule has 0 aliphatic heterocycles. The summed E-state index contributed by atoms with van der Waals surface area (Å²) in [6.07, 6.45) is 0.389. The SMILES string of the molecule is COc1ccc(Cc2nnc(CN(c3cccc(Cl)c3Cl)S(=O)(=O)c3ccc(C)cc3)o2)cc1. The maximum atomic E-state index is 13.6. The quantitative estimate of drug-likeness (QED) is 0.298. The zero-order chi connectivity index (χ0) is 24.3. The number of benzene rings is 3. The largest absolute Gasteiger partial charge is 0.497 e. The van der Waals surface area contributed by atoms with Gasteiger partial charge in [-0.2, -0.15) is 0 Å². The maximum Gasteiger partial charge on any atom is 0.264 e. The number of hydrogen-bond donors (Lipinski definition) is 0. The van der Waals surface area contributed by atoms with Crippen LogP contribution >= 0.6 is 23.2 Å². The summed E-state index contributed by atoms with van der Waals surface area (Å²) in [5, 5.41) is 8.48. The highest BCUT2D eigenvalue weighted by Gasteiger charge is 2.29. The van der Waals surface area contributed by atoms with Gasteiger partial charge < -0.3 is 9.15 Å². The van der Waals surface area contributed by atoms with E-state index in [2.05, 4.69) is 10.2 Å². The molecule has 34 heavy (non-hydrogen) atoms. The van der Waals surface area contributed by atoms with Gasteiger partial charge in [0, 0.05) is 0 Å². The van der Waals surface area contributed by atoms with Crippen molar-refractivity contribution in [1.82, 2.24) is 10.2 Å². The van der Waals surface area contributed by atoms with Crippen molar-refractivity contribution in [1.29, 1.82) is 0 Å². The lowest BCUT2D eigenvalue weighted by Crippen LogP contribution is -2.31. The number of halogens is 2. The Bertz CT molecular complexity index is 1390. The van der Waals surface area contributed by atoms with E-state index in [0.29, 0.717) is 12.3 Å². The van der Waals surface area contributed by atoms with Crippen LogP contribution in [-0.4, -0.2) is 25.7 Å². The molecule has 7 nitrogen and oxygen atoms in total. The predicted octanol–water partition coefficient (Wildman–Crippen LogP) is 5.68. The first-order valence-electron chi connectivity index (χ1n) is 10.3. The van der Waals surface area contributed by atoms with E-state index in [1.807, 2.05) is 31.2 Å². The van der Waals surface area contributed by atoms with Crippen LogP contribution in [0, 0.1) is 6.92 Å². The summed E-state index contributed by atoms with van der Waals surface area (Å²) in [7, 11) is -2.42. The van der Waals surface area contributed by atoms with Gasteiger partial charge in [0.05, 0.1) is 34.2 Å². The number of aryl methyl sites for hydroxylation is 1. The van der Waals surface area contributed by atoms with E-state index in [-0.39, 0.29) is 33.1 Å². The fourth-order valence-corrected chi connectivity index (χ4v) is 5.16. The molecule has 0 N–H and O–H groups in total. The minimum atomic E-state index is -4.02. The highest BCUT2D eigenvalue weighted by atomic mass is 35.5. The van der Waals surface area contributed by atoms with Gasteiger partial charge >= 0.3 is 0 Å². The first-order valence-corrected chi connectivity index (χ1v) is 12.4. The van der Waals surface area contributed by atoms with Gasteiger partial charge in [0.1, 0.15) is 12.3 Å². The van der Waals surface area contributed by atoms with Crippen LogP contribution in [-0.2, 0) is 23.0 Å². The van der Waals surface area contributed by atoms with E-state index < -0.39 is 10.0 Å². The fraction of sp³-hybridized carbons (Fsp3) is 0.167. The number of sulfonamides is 1. The van der Waals surface area contributed by atoms with Crippen LogP contribution in [0.5, 0.6) is 5.75 Å². The first kappa shape index (κ1) is 24.1. The summed E-state index contributed by atoms with van der Waals surface area (Å²) in [5.41, 5.74) is 2.09. The van der Waals surface area contributed by atoms with E-state index in [4.69, 9.17) is 32.4 Å². The molecule has 1 aromatic heterocycles. The predicted molar refractivity (Wildman–Crippen MR) is 131 cm³/mol. The molecule has 0 amide bonds. The summed E-state index contributed by atoms with van der Waals surface area (Å²) in [4.78, 5) is 0.104. The highest BCUT2D eigenvalue weighted by molar-refractivity contribution is 7.92. The Labute approximate surface area is 208 Å². The maximum absolute atomic E-state index is 13.6. The van der Waals surface area contributed by atoms with E-state index in [1.165, 1.54) is 0 Å². The standard InChI is InChI=1S/C24H21Cl2N3O4S/c1-16-6-12-19(13-7-16)34(30,31)29(21-5-3-4-20(25)24(21)26)15-23-28-27-22(33-23)14-17-8-10-18(32-2)11-9-17/h3-13H,14-15H2,1-2H3. The normalized spacial score (nSPS) is 11.4. The van der Waals surface area contributed by atoms with E-state index in [1.54, 1.807) is 49.6 Å². The Morgan fingerprint density at radius 2 is 1.62 bits per heavy atom. The molecule has 0 atom stereocenters. The molecule has 10 heteroatoms. The molecule has 0 unspecified atom stereocenters. The molecule has 0 radical (unpaired) electrons. The lowest BCUT2D eigenvalue weighted by Gasteiger charge is -2.24. The molecular weight excluding hydrogens is 497 g/mol. The zero-order valence-electron chi connectivity index (χ0n) is 18.4. The zero-order valence-corrected chi connectivity index (χ0v) is 20.7. The monoisotopic (exact) mass is 517 g/mol. The molecule has 0 saturated carbocycles. The second kappa shape index (κ2) is 10.0. The van der Waals surface area contributed by atoms with Crippen LogP contribution in [0.1, 0.15) is 22.9 Å². The van der Waals surface area contributed by atoms with Crippen LogP contribution in [0.25, 0.3) is 0 Å². The van der Waals surface area contributed by atoms with Gasteiger partial charge in [0.2, 0.25) is 11.8 Å². The van der Waals surface area contributed by atoms with Gasteiger partial charge in [-0.25, -0.2) is 8.42 Å². The van der Waals surface area contributed by atoms with Crippen molar-refractivity contribution in [2.75, 3.05) is 11.4 Å². The van der Waals surface area contributed by atoms with Crippen LogP contribution in [0.3, 0.4) is 0 Å². The topological polar surface area (TPSA) is 85.5 Å². The van der Waals surface area contributed by atoms with Gasteiger partial charge in [-0.3, -0.25) is 4.31 Å². The summed E-state index contributed by atoms with van der Waals surface area (Å²) >= 11 is 12.6. The number of rotatable bonds is 8. The second-order valence-corrected chi connectivity index (χ2v) is 10.2. The number of aromatic nitrogens is 2. The van der Waals surface area contributed by atoms with Crippen molar-refractivity contribution in [3.8, 4) is 5.75 Å². The van der Waals surface area contributed by atoms with Gasteiger partial charge in [0.15, 0.2) is 0 Å². The van der Waals surface area contributed by atoms with Crippen LogP contribution in [0.15, 0.2) is 76.0 Å². The minimum Gasteiger partial charge on any atom is -0.497 e. The Morgan fingerprint density at radius 1 is 0.941 bits per heavy atom. The Kier molecular flexibility index (Phi) is 7.11. The first-order chi connectivity index (χ1) is 16.3. The number of methoxy groups -OCH3 is 1. The molecule has 176 valence electrons. The molecule has 0 saturated heterocycles. The van der Waals surface area contributed by atoms with Gasteiger partial charge in [-0.15, -0.1) is 10.2 Å². The van der Waals surface area contributed by atoms with Crippen LogP contribution in [0.2, 0.25) is 10.0 Å². The van der Waals surface area contributed by atoms with Gasteiger partial charge in [0.25, 0.3) is 10.0 Å². The Hall–Kier alpha value is -3.07. The second-order valence-electron chi connectivity index (χ2n) is 7.51. The lowest BCUT2D eigenvalue weighted by molar-refractivity contribution is 0.414. The third-order valence-corrected chi connectivity index (χ3v) is 7.69. The Balaban J connectivity index is 1.66. The van der Waals surface area contributed by atoms with Crippen molar-refractivity contribution in [2.45, 2.75) is 24.8 Å². The number of hydrogen-bond acceptors (Lipinski definition) is 6. The van der Waals surface area contributed by atoms with Crippen molar-refractivity contribution in [3.63, 3.8) is 0 Å². The van der Waals surface area contributed by atoms with Crippen LogP contribution in [0.4, 0.5) is 5.69 Å². The minimum absolute atomic E-state index is 0.104. The molecule has 0 aliphatic rings. The average Bonchev–Trinajstić information content (AvgIpc) is 3.27. The van der Waals surface area contributed by atoms with E-state index in [0.717, 1.165) is 21.2 Å². The molecule has 3 aromatic carbocycles. The van der Waals surface area contributed by atoms with Crippen molar-refractivity contribution in [3.05, 3.63) is 99.7 Å². The average molecular weight is 518 g/mol. The fourth-order valence-electron chi connectivity index (χ4n) is 3.29. The third-order valence-electron chi connectivity index (χ3n) is 5.11. The number of anilines is 1. The molecule has 0 aliphatic carbocycles. The third kappa shape index (κ3) is 5.19. The van der Waals surface area contributed by atoms with E-state index in [9.17, 15) is 8.42 Å². The Morgan fingerprint density at radius 3 is 2.29 bits per heavy atom. The lowest BCUT2D eigenvalue weighted by atomic mass is 10.1. The van der Waals surface area contributed by atoms with Gasteiger partial charge in [-0.05, 0) is 48.9 Å². The summed E-state index contributed by atoms with van der Waals surface area (Å²) in [6.45, 7) is 1.66. The summed E-state index contributed by atoms with van der Waals surface area (Å²) in [6, 6.07) is 18.8. The number of nitrogens with zero attached hydrogens (tertiary/aromatic N) is 3. The number of ether oxygens (including phenoxy) is 1. The van der Waals surface area contributed by atoms with Crippen molar-refractivity contribution >= 4 is 38.9 Å². The molecule has 4 aromatic rings. The molecule has 0 fully saturated rings. The smallest absolute Gasteiger partial charge is 0.264 e. The molecule has 0 bridgehead atoms. The molecule has 4 rings (SSSR count). The van der Waals surface area contributed by atoms with E-state index >= 15 is 0 Å². The summed E-state index contributed by atoms with van der Waals surface area (Å²) in [5.74, 6) is 1.21. The van der Waals surface area contributed by atoms with Crippen molar-refractivity contribution < 1.29 is 17.6 Å². The van der Waals surface area contributed by atoms with Crippen molar-refractivity contribution in [2.24, 2.45) is 0 Å². The van der Waals surface area contributed by atoms with Gasteiger partial charge in [-0.1, -0.05) is 59.1 Å².